The molecule has 20 heavy (non-hydrogen) atoms. The molecule has 0 aliphatic carbocycles. The summed E-state index contributed by atoms with van der Waals surface area (Å²) >= 11 is 3.34. The molecule has 1 aromatic rings. The smallest absolute Gasteiger partial charge is 0.243 e. The van der Waals surface area contributed by atoms with Crippen molar-refractivity contribution in [3.63, 3.8) is 0 Å². The third-order valence-corrected chi connectivity index (χ3v) is 3.19. The Labute approximate surface area is 133 Å². The predicted octanol–water partition coefficient (Wildman–Crippen LogP) is 1.83. The number of carbonyl (C=O) groups is 2. The van der Waals surface area contributed by atoms with Crippen LogP contribution in [0, 0.1) is 12.8 Å². The van der Waals surface area contributed by atoms with Gasteiger partial charge in [0, 0.05) is 22.6 Å². The van der Waals surface area contributed by atoms with Gasteiger partial charge in [-0.25, -0.2) is 0 Å². The fraction of sp³-hybridized carbons (Fsp3) is 0.385. The van der Waals surface area contributed by atoms with Crippen LogP contribution in [0.15, 0.2) is 22.7 Å². The quantitative estimate of drug-likeness (QED) is 0.745. The lowest BCUT2D eigenvalue weighted by molar-refractivity contribution is -0.126. The average Bonchev–Trinajstić information content (AvgIpc) is 2.39. The van der Waals surface area contributed by atoms with Gasteiger partial charge in [-0.1, -0.05) is 28.9 Å². The van der Waals surface area contributed by atoms with Crippen LogP contribution >= 0.6 is 28.3 Å². The minimum absolute atomic E-state index is 0. The second-order valence-corrected chi connectivity index (χ2v) is 5.28. The van der Waals surface area contributed by atoms with Crippen LogP contribution in [0.25, 0.3) is 0 Å². The highest BCUT2D eigenvalue weighted by Gasteiger charge is 2.12. The van der Waals surface area contributed by atoms with E-state index in [1.54, 1.807) is 6.92 Å². The molecule has 2 amide bonds. The molecule has 1 unspecified atom stereocenters. The van der Waals surface area contributed by atoms with E-state index in [1.165, 1.54) is 0 Å². The lowest BCUT2D eigenvalue weighted by Gasteiger charge is -2.11. The van der Waals surface area contributed by atoms with Crippen LogP contribution in [0.5, 0.6) is 0 Å². The standard InChI is InChI=1S/C13H18BrN3O2.ClH/c1-8-3-4-10(14)5-11(8)17-12(18)7-16-13(19)9(2)6-15;/h3-5,9H,6-7,15H2,1-2H3,(H,16,19)(H,17,18);1H. The van der Waals surface area contributed by atoms with Crippen LogP contribution in [0.4, 0.5) is 5.69 Å². The molecular weight excluding hydrogens is 346 g/mol. The van der Waals surface area contributed by atoms with Gasteiger partial charge in [-0.3, -0.25) is 9.59 Å². The molecule has 5 nitrogen and oxygen atoms in total. The first-order chi connectivity index (χ1) is 8.93. The van der Waals surface area contributed by atoms with E-state index in [0.29, 0.717) is 0 Å². The Morgan fingerprint density at radius 3 is 2.65 bits per heavy atom. The molecule has 1 atom stereocenters. The first kappa shape index (κ1) is 18.9. The number of rotatable bonds is 5. The van der Waals surface area contributed by atoms with Gasteiger partial charge in [-0.05, 0) is 24.6 Å². The summed E-state index contributed by atoms with van der Waals surface area (Å²) in [6.07, 6.45) is 0. The number of hydrogen-bond donors (Lipinski definition) is 3. The van der Waals surface area contributed by atoms with Crippen LogP contribution in [0.1, 0.15) is 12.5 Å². The summed E-state index contributed by atoms with van der Waals surface area (Å²) in [5, 5.41) is 5.29. The van der Waals surface area contributed by atoms with Gasteiger partial charge in [0.15, 0.2) is 0 Å². The number of hydrogen-bond acceptors (Lipinski definition) is 3. The van der Waals surface area contributed by atoms with E-state index in [0.717, 1.165) is 15.7 Å². The molecule has 7 heteroatoms. The number of benzene rings is 1. The Morgan fingerprint density at radius 1 is 1.40 bits per heavy atom. The number of nitrogens with two attached hydrogens (primary N) is 1. The van der Waals surface area contributed by atoms with Crippen LogP contribution < -0.4 is 16.4 Å². The second-order valence-electron chi connectivity index (χ2n) is 4.36. The van der Waals surface area contributed by atoms with E-state index in [4.69, 9.17) is 5.73 Å². The molecular formula is C13H19BrClN3O2. The van der Waals surface area contributed by atoms with Gasteiger partial charge in [-0.15, -0.1) is 12.4 Å². The Hall–Kier alpha value is -1.11. The zero-order valence-electron chi connectivity index (χ0n) is 11.4. The molecule has 0 bridgehead atoms. The largest absolute Gasteiger partial charge is 0.347 e. The van der Waals surface area contributed by atoms with Gasteiger partial charge in [0.2, 0.25) is 11.8 Å². The highest BCUT2D eigenvalue weighted by molar-refractivity contribution is 9.10. The molecule has 0 saturated heterocycles. The maximum Gasteiger partial charge on any atom is 0.243 e. The zero-order chi connectivity index (χ0) is 14.4. The van der Waals surface area contributed by atoms with E-state index in [1.807, 2.05) is 25.1 Å². The maximum atomic E-state index is 11.7. The summed E-state index contributed by atoms with van der Waals surface area (Å²) in [5.74, 6) is -0.775. The molecule has 0 aromatic heterocycles. The fourth-order valence-corrected chi connectivity index (χ4v) is 1.73. The van der Waals surface area contributed by atoms with Crippen molar-refractivity contribution in [2.24, 2.45) is 11.7 Å². The number of carbonyl (C=O) groups excluding carboxylic acids is 2. The number of amides is 2. The summed E-state index contributed by atoms with van der Waals surface area (Å²) in [4.78, 5) is 23.2. The van der Waals surface area contributed by atoms with Gasteiger partial charge >= 0.3 is 0 Å². The van der Waals surface area contributed by atoms with Crippen molar-refractivity contribution in [2.75, 3.05) is 18.4 Å². The van der Waals surface area contributed by atoms with Crippen molar-refractivity contribution in [2.45, 2.75) is 13.8 Å². The molecule has 0 heterocycles. The first-order valence-corrected chi connectivity index (χ1v) is 6.77. The van der Waals surface area contributed by atoms with E-state index in [-0.39, 0.29) is 43.2 Å². The Balaban J connectivity index is 0.00000361. The van der Waals surface area contributed by atoms with Crippen LogP contribution in [-0.2, 0) is 9.59 Å². The summed E-state index contributed by atoms with van der Waals surface area (Å²) in [6.45, 7) is 3.82. The highest BCUT2D eigenvalue weighted by Crippen LogP contribution is 2.20. The minimum atomic E-state index is -0.291. The summed E-state index contributed by atoms with van der Waals surface area (Å²) < 4.78 is 0.884. The summed E-state index contributed by atoms with van der Waals surface area (Å²) in [5.41, 5.74) is 7.05. The predicted molar refractivity (Wildman–Crippen MR) is 86.0 cm³/mol. The molecule has 0 fully saturated rings. The lowest BCUT2D eigenvalue weighted by atomic mass is 10.2. The highest BCUT2D eigenvalue weighted by atomic mass is 79.9. The summed E-state index contributed by atoms with van der Waals surface area (Å²) in [7, 11) is 0. The van der Waals surface area contributed by atoms with Gasteiger partial charge in [0.1, 0.15) is 0 Å². The van der Waals surface area contributed by atoms with Gasteiger partial charge in [0.25, 0.3) is 0 Å². The molecule has 0 spiro atoms. The van der Waals surface area contributed by atoms with Crippen molar-refractivity contribution in [3.8, 4) is 0 Å². The van der Waals surface area contributed by atoms with Crippen molar-refractivity contribution in [1.82, 2.24) is 5.32 Å². The molecule has 0 radical (unpaired) electrons. The number of nitrogens with one attached hydrogen (secondary N) is 2. The maximum absolute atomic E-state index is 11.7. The van der Waals surface area contributed by atoms with Crippen LogP contribution in [0.3, 0.4) is 0 Å². The van der Waals surface area contributed by atoms with Gasteiger partial charge < -0.3 is 16.4 Å². The second kappa shape index (κ2) is 8.94. The third kappa shape index (κ3) is 5.90. The monoisotopic (exact) mass is 363 g/mol. The Kier molecular flexibility index (Phi) is 8.45. The summed E-state index contributed by atoms with van der Waals surface area (Å²) in [6, 6.07) is 5.61. The van der Waals surface area contributed by atoms with E-state index in [9.17, 15) is 9.59 Å². The molecule has 0 aliphatic heterocycles. The first-order valence-electron chi connectivity index (χ1n) is 5.97. The van der Waals surface area contributed by atoms with Crippen molar-refractivity contribution in [3.05, 3.63) is 28.2 Å². The van der Waals surface area contributed by atoms with E-state index >= 15 is 0 Å². The van der Waals surface area contributed by atoms with Crippen LogP contribution in [-0.4, -0.2) is 24.9 Å². The zero-order valence-corrected chi connectivity index (χ0v) is 13.8. The lowest BCUT2D eigenvalue weighted by Crippen LogP contribution is -2.38. The number of aryl methyl sites for hydroxylation is 1. The SMILES string of the molecule is Cc1ccc(Br)cc1NC(=O)CNC(=O)C(C)CN.Cl. The molecule has 112 valence electrons. The normalized spacial score (nSPS) is 11.2. The molecule has 0 aliphatic rings. The molecule has 4 N–H and O–H groups in total. The average molecular weight is 365 g/mol. The Morgan fingerprint density at radius 2 is 2.05 bits per heavy atom. The third-order valence-electron chi connectivity index (χ3n) is 2.70. The molecule has 1 aromatic carbocycles. The van der Waals surface area contributed by atoms with E-state index < -0.39 is 0 Å². The van der Waals surface area contributed by atoms with Crippen molar-refractivity contribution < 1.29 is 9.59 Å². The fourth-order valence-electron chi connectivity index (χ4n) is 1.37. The van der Waals surface area contributed by atoms with Crippen LogP contribution in [0.2, 0.25) is 0 Å². The molecule has 1 rings (SSSR count). The minimum Gasteiger partial charge on any atom is -0.347 e. The number of anilines is 1. The van der Waals surface area contributed by atoms with Crippen molar-refractivity contribution in [1.29, 1.82) is 0 Å². The van der Waals surface area contributed by atoms with Gasteiger partial charge in [-0.2, -0.15) is 0 Å². The van der Waals surface area contributed by atoms with Gasteiger partial charge in [0.05, 0.1) is 6.54 Å². The van der Waals surface area contributed by atoms with E-state index in [2.05, 4.69) is 26.6 Å². The number of halogens is 2. The topological polar surface area (TPSA) is 84.2 Å². The van der Waals surface area contributed by atoms with Crippen molar-refractivity contribution >= 4 is 45.8 Å². The molecule has 0 saturated carbocycles. The Bertz CT molecular complexity index is 483.